The van der Waals surface area contributed by atoms with Gasteiger partial charge in [-0.15, -0.1) is 0 Å². The van der Waals surface area contributed by atoms with E-state index in [1.165, 1.54) is 12.3 Å². The molecule has 3 unspecified atom stereocenters. The van der Waals surface area contributed by atoms with Crippen LogP contribution in [0.15, 0.2) is 113 Å². The van der Waals surface area contributed by atoms with E-state index in [1.54, 1.807) is 30.3 Å². The van der Waals surface area contributed by atoms with Gasteiger partial charge in [0.2, 0.25) is 0 Å². The first-order chi connectivity index (χ1) is 23.3. The van der Waals surface area contributed by atoms with E-state index in [-0.39, 0.29) is 11.1 Å². The molecule has 3 atom stereocenters. The van der Waals surface area contributed by atoms with Crippen LogP contribution in [-0.2, 0) is 0 Å². The Bertz CT molecular complexity index is 2370. The zero-order valence-electron chi connectivity index (χ0n) is 32.7. The van der Waals surface area contributed by atoms with Crippen molar-refractivity contribution in [3.8, 4) is 0 Å². The highest BCUT2D eigenvalue weighted by Crippen LogP contribution is 2.50. The van der Waals surface area contributed by atoms with E-state index < -0.39 is 55.6 Å². The van der Waals surface area contributed by atoms with Crippen LogP contribution in [0.3, 0.4) is 0 Å². The van der Waals surface area contributed by atoms with Gasteiger partial charge >= 0.3 is 0 Å². The van der Waals surface area contributed by atoms with Crippen LogP contribution < -0.4 is 0 Å². The highest BCUT2D eigenvalue weighted by atomic mass is 16.3. The van der Waals surface area contributed by atoms with Gasteiger partial charge in [0.25, 0.3) is 0 Å². The minimum Gasteiger partial charge on any atom is -0.463 e. The number of benzene rings is 4. The number of rotatable bonds is 2. The van der Waals surface area contributed by atoms with Gasteiger partial charge in [-0.1, -0.05) is 90.8 Å². The Balaban J connectivity index is 1.45. The van der Waals surface area contributed by atoms with E-state index in [1.807, 2.05) is 48.5 Å². The fourth-order valence-electron chi connectivity index (χ4n) is 5.53. The molecule has 1 fully saturated rings. The largest absolute Gasteiger partial charge is 0.463 e. The van der Waals surface area contributed by atoms with Gasteiger partial charge in [0.1, 0.15) is 5.58 Å². The van der Waals surface area contributed by atoms with Crippen molar-refractivity contribution < 1.29 is 22.2 Å². The predicted octanol–water partition coefficient (Wildman–Crippen LogP) is 10.1. The Labute approximate surface area is 236 Å². The summed E-state index contributed by atoms with van der Waals surface area (Å²) in [4.78, 5) is 0. The first kappa shape index (κ1) is 12.1. The normalized spacial score (nSPS) is 39.6. The Morgan fingerprint density at radius 3 is 2.54 bits per heavy atom. The fourth-order valence-corrected chi connectivity index (χ4v) is 5.53. The number of hydrogen-bond acceptors (Lipinski definition) is 1. The Hall–Kier alpha value is -3.84. The van der Waals surface area contributed by atoms with Crippen molar-refractivity contribution >= 4 is 43.7 Å². The molecule has 0 radical (unpaired) electrons. The summed E-state index contributed by atoms with van der Waals surface area (Å²) in [6.45, 7) is 0. The van der Waals surface area contributed by atoms with Gasteiger partial charge in [-0.2, -0.15) is 0 Å². The SMILES string of the molecule is [2H]C1C(c2coc3c2ccc2c4ccccc4ccc23)=C(c2ccccc2)C=C2C=C3C([2H])([2H])C([2H])([2H])C([2H])([2H])C([2H])([2H])C3([2H])C([2H])([2H])C21[2H]. The molecule has 0 spiro atoms. The van der Waals surface area contributed by atoms with Crippen LogP contribution in [0.1, 0.15) is 67.2 Å². The maximum Gasteiger partial charge on any atom is 0.142 e. The van der Waals surface area contributed by atoms with Gasteiger partial charge in [-0.05, 0) is 94.3 Å². The lowest BCUT2D eigenvalue weighted by atomic mass is 9.67. The summed E-state index contributed by atoms with van der Waals surface area (Å²) >= 11 is 0. The van der Waals surface area contributed by atoms with E-state index in [4.69, 9.17) is 15.4 Å². The van der Waals surface area contributed by atoms with Gasteiger partial charge < -0.3 is 4.42 Å². The van der Waals surface area contributed by atoms with Gasteiger partial charge in [-0.3, -0.25) is 0 Å². The molecule has 5 aromatic rings. The molecule has 1 saturated carbocycles. The molecule has 0 bridgehead atoms. The second kappa shape index (κ2) is 8.35. The summed E-state index contributed by atoms with van der Waals surface area (Å²) in [7, 11) is 0. The molecule has 0 aliphatic heterocycles. The van der Waals surface area contributed by atoms with Crippen molar-refractivity contribution in [2.75, 3.05) is 0 Å². The van der Waals surface area contributed by atoms with E-state index in [0.717, 1.165) is 27.6 Å². The van der Waals surface area contributed by atoms with Crippen LogP contribution in [0, 0.1) is 11.8 Å². The molecule has 3 aliphatic carbocycles. The quantitative estimate of drug-likeness (QED) is 0.224. The number of fused-ring (bicyclic) bond motifs is 7. The van der Waals surface area contributed by atoms with E-state index >= 15 is 0 Å². The molecule has 4 aromatic carbocycles. The van der Waals surface area contributed by atoms with Crippen molar-refractivity contribution in [2.24, 2.45) is 11.8 Å². The first-order valence-electron chi connectivity index (χ1n) is 18.8. The molecule has 8 rings (SSSR count). The lowest BCUT2D eigenvalue weighted by Crippen LogP contribution is -2.23. The average molecular weight is 492 g/mol. The third-order valence-electron chi connectivity index (χ3n) is 7.30. The lowest BCUT2D eigenvalue weighted by molar-refractivity contribution is 0.365. The topological polar surface area (TPSA) is 13.1 Å². The average Bonchev–Trinajstić information content (AvgIpc) is 3.51. The fraction of sp³-hybridized carbons (Fsp3) is 0.222. The number of allylic oxidation sites excluding steroid dienone is 6. The van der Waals surface area contributed by atoms with Crippen LogP contribution in [-0.4, -0.2) is 0 Å². The second-order valence-corrected chi connectivity index (χ2v) is 9.38. The van der Waals surface area contributed by atoms with Gasteiger partial charge in [-0.25, -0.2) is 0 Å². The maximum atomic E-state index is 9.82. The van der Waals surface area contributed by atoms with Crippen LogP contribution >= 0.6 is 0 Å². The zero-order chi connectivity index (χ0) is 36.0. The molecule has 180 valence electrons. The molecule has 0 N–H and O–H groups in total. The van der Waals surface area contributed by atoms with Crippen LogP contribution in [0.5, 0.6) is 0 Å². The molecule has 1 heteroatoms. The minimum absolute atomic E-state index is 0.163. The van der Waals surface area contributed by atoms with Crippen LogP contribution in [0.25, 0.3) is 43.7 Å². The third-order valence-corrected chi connectivity index (χ3v) is 7.30. The Kier molecular flexibility index (Phi) is 2.74. The van der Waals surface area contributed by atoms with E-state index in [9.17, 15) is 6.85 Å². The van der Waals surface area contributed by atoms with Gasteiger partial charge in [0.15, 0.2) is 0 Å². The standard InChI is InChI=1S/C36H30O/c1-2-8-23(9-3-1)33-20-27-18-25-11-4-5-12-26(25)19-28(27)21-34(33)35-22-37-36-31-15-14-24-10-6-7-13-29(24)30(31)16-17-32(35)36/h1-3,6-10,13-18,20,22,26,28H,4-5,11-12,19,21H2/i4D2,5D2,11D2,12D2,19D2,21D,26D,28D. The summed E-state index contributed by atoms with van der Waals surface area (Å²) in [5.41, 5.74) is 0.834. The minimum atomic E-state index is -3.71. The van der Waals surface area contributed by atoms with Crippen molar-refractivity contribution in [1.82, 2.24) is 0 Å². The zero-order valence-corrected chi connectivity index (χ0v) is 19.7. The Morgan fingerprint density at radius 2 is 1.59 bits per heavy atom. The monoisotopic (exact) mass is 491 g/mol. The second-order valence-electron chi connectivity index (χ2n) is 9.38. The molecule has 1 nitrogen and oxygen atoms in total. The van der Waals surface area contributed by atoms with Crippen LogP contribution in [0.4, 0.5) is 0 Å². The molecule has 0 amide bonds. The summed E-state index contributed by atoms with van der Waals surface area (Å²) < 4.78 is 123. The molecule has 1 heterocycles. The highest BCUT2D eigenvalue weighted by Gasteiger charge is 2.33. The van der Waals surface area contributed by atoms with Gasteiger partial charge in [0.05, 0.1) is 6.26 Å². The summed E-state index contributed by atoms with van der Waals surface area (Å²) in [5.74, 6) is -6.24. The number of hydrogen-bond donors (Lipinski definition) is 0. The lowest BCUT2D eigenvalue weighted by Gasteiger charge is -2.37. The highest BCUT2D eigenvalue weighted by molar-refractivity contribution is 6.17. The molecule has 3 aliphatic rings. The molecule has 1 aromatic heterocycles. The Morgan fingerprint density at radius 1 is 0.757 bits per heavy atom. The summed E-state index contributed by atoms with van der Waals surface area (Å²) in [6, 6.07) is 24.4. The molecular formula is C36H30O. The molecular weight excluding hydrogens is 448 g/mol. The van der Waals surface area contributed by atoms with Crippen molar-refractivity contribution in [2.45, 2.75) is 38.3 Å². The van der Waals surface area contributed by atoms with Gasteiger partial charge in [0, 0.05) is 34.2 Å². The van der Waals surface area contributed by atoms with E-state index in [0.29, 0.717) is 27.7 Å². The van der Waals surface area contributed by atoms with Crippen LogP contribution in [0.2, 0.25) is 0 Å². The van der Waals surface area contributed by atoms with Crippen molar-refractivity contribution in [1.29, 1.82) is 0 Å². The van der Waals surface area contributed by atoms with E-state index in [2.05, 4.69) is 0 Å². The maximum absolute atomic E-state index is 9.82. The molecule has 37 heavy (non-hydrogen) atoms. The van der Waals surface area contributed by atoms with Crippen molar-refractivity contribution in [3.63, 3.8) is 0 Å². The van der Waals surface area contributed by atoms with Crippen molar-refractivity contribution in [3.05, 3.63) is 120 Å². The number of furan rings is 1. The summed E-state index contributed by atoms with van der Waals surface area (Å²) in [5, 5.41) is 4.35. The predicted molar refractivity (Wildman–Crippen MR) is 155 cm³/mol. The summed E-state index contributed by atoms with van der Waals surface area (Å²) in [6.07, 6.45) is -15.8. The molecule has 0 saturated heterocycles. The smallest absolute Gasteiger partial charge is 0.142 e. The first-order valence-corrected chi connectivity index (χ1v) is 12.3. The third kappa shape index (κ3) is 3.37.